The Morgan fingerprint density at radius 1 is 1.50 bits per heavy atom. The predicted molar refractivity (Wildman–Crippen MR) is 57.7 cm³/mol. The van der Waals surface area contributed by atoms with Crippen LogP contribution in [-0.4, -0.2) is 19.0 Å². The van der Waals surface area contributed by atoms with Crippen LogP contribution in [0.25, 0.3) is 0 Å². The summed E-state index contributed by atoms with van der Waals surface area (Å²) in [5, 5.41) is 2.88. The molecule has 0 saturated carbocycles. The van der Waals surface area contributed by atoms with Crippen molar-refractivity contribution in [2.45, 2.75) is 13.8 Å². The summed E-state index contributed by atoms with van der Waals surface area (Å²) in [5.41, 5.74) is 3.31. The Morgan fingerprint density at radius 3 is 3.00 bits per heavy atom. The molecular formula is C11H14N2O. The highest BCUT2D eigenvalue weighted by molar-refractivity contribution is 6.01. The second-order valence-corrected chi connectivity index (χ2v) is 3.53. The Balaban J connectivity index is 2.51. The van der Waals surface area contributed by atoms with E-state index in [2.05, 4.69) is 30.1 Å². The van der Waals surface area contributed by atoms with Gasteiger partial charge in [-0.05, 0) is 25.5 Å². The lowest BCUT2D eigenvalue weighted by Gasteiger charge is -2.31. The number of amides is 1. The quantitative estimate of drug-likeness (QED) is 0.732. The SMILES string of the molecule is CCN1CC(=O)Nc2cccc(C)c21. The van der Waals surface area contributed by atoms with Crippen molar-refractivity contribution in [2.75, 3.05) is 23.3 Å². The van der Waals surface area contributed by atoms with Crippen molar-refractivity contribution in [3.63, 3.8) is 0 Å². The van der Waals surface area contributed by atoms with E-state index in [1.165, 1.54) is 5.56 Å². The molecule has 3 heteroatoms. The Bertz CT molecular complexity index is 374. The second-order valence-electron chi connectivity index (χ2n) is 3.53. The molecule has 74 valence electrons. The zero-order chi connectivity index (χ0) is 10.1. The largest absolute Gasteiger partial charge is 0.361 e. The van der Waals surface area contributed by atoms with Gasteiger partial charge in [-0.25, -0.2) is 0 Å². The number of carbonyl (C=O) groups excluding carboxylic acids is 1. The number of hydrogen-bond donors (Lipinski definition) is 1. The number of nitrogens with one attached hydrogen (secondary N) is 1. The van der Waals surface area contributed by atoms with Crippen LogP contribution >= 0.6 is 0 Å². The van der Waals surface area contributed by atoms with Gasteiger partial charge in [0.1, 0.15) is 0 Å². The Labute approximate surface area is 83.7 Å². The van der Waals surface area contributed by atoms with Gasteiger partial charge in [0.05, 0.1) is 17.9 Å². The van der Waals surface area contributed by atoms with Crippen LogP contribution in [0.3, 0.4) is 0 Å². The molecule has 1 aliphatic heterocycles. The normalized spacial score (nSPS) is 15.0. The summed E-state index contributed by atoms with van der Waals surface area (Å²) >= 11 is 0. The number of rotatable bonds is 1. The summed E-state index contributed by atoms with van der Waals surface area (Å²) in [6.07, 6.45) is 0. The third-order valence-corrected chi connectivity index (χ3v) is 2.54. The van der Waals surface area contributed by atoms with Crippen LogP contribution in [0.1, 0.15) is 12.5 Å². The maximum absolute atomic E-state index is 11.4. The van der Waals surface area contributed by atoms with Gasteiger partial charge in [0.15, 0.2) is 0 Å². The minimum Gasteiger partial charge on any atom is -0.361 e. The van der Waals surface area contributed by atoms with Crippen LogP contribution in [0.4, 0.5) is 11.4 Å². The summed E-state index contributed by atoms with van der Waals surface area (Å²) in [6, 6.07) is 5.98. The first-order valence-corrected chi connectivity index (χ1v) is 4.86. The number of para-hydroxylation sites is 1. The zero-order valence-corrected chi connectivity index (χ0v) is 8.50. The van der Waals surface area contributed by atoms with Crippen molar-refractivity contribution < 1.29 is 4.79 Å². The smallest absolute Gasteiger partial charge is 0.243 e. The molecule has 1 amide bonds. The molecule has 0 aliphatic carbocycles. The average molecular weight is 190 g/mol. The van der Waals surface area contributed by atoms with Crippen LogP contribution < -0.4 is 10.2 Å². The Kier molecular flexibility index (Phi) is 2.15. The van der Waals surface area contributed by atoms with Crippen LogP contribution in [0.2, 0.25) is 0 Å². The summed E-state index contributed by atoms with van der Waals surface area (Å²) in [4.78, 5) is 13.5. The highest BCUT2D eigenvalue weighted by Gasteiger charge is 2.21. The van der Waals surface area contributed by atoms with Crippen molar-refractivity contribution in [3.8, 4) is 0 Å². The summed E-state index contributed by atoms with van der Waals surface area (Å²) in [6.45, 7) is 5.47. The molecule has 0 radical (unpaired) electrons. The first kappa shape index (κ1) is 9.06. The van der Waals surface area contributed by atoms with Crippen LogP contribution in [-0.2, 0) is 4.79 Å². The van der Waals surface area contributed by atoms with Crippen molar-refractivity contribution in [3.05, 3.63) is 23.8 Å². The lowest BCUT2D eigenvalue weighted by molar-refractivity contribution is -0.115. The van der Waals surface area contributed by atoms with E-state index in [1.54, 1.807) is 0 Å². The van der Waals surface area contributed by atoms with Crippen molar-refractivity contribution in [2.24, 2.45) is 0 Å². The van der Waals surface area contributed by atoms with Gasteiger partial charge in [-0.2, -0.15) is 0 Å². The first-order chi connectivity index (χ1) is 6.72. The van der Waals surface area contributed by atoms with Gasteiger partial charge < -0.3 is 10.2 Å². The molecule has 2 rings (SSSR count). The number of aryl methyl sites for hydroxylation is 1. The molecule has 14 heavy (non-hydrogen) atoms. The van der Waals surface area contributed by atoms with E-state index < -0.39 is 0 Å². The molecule has 1 heterocycles. The standard InChI is InChI=1S/C11H14N2O/c1-3-13-7-10(14)12-9-6-4-5-8(2)11(9)13/h4-6H,3,7H2,1-2H3,(H,12,14). The lowest BCUT2D eigenvalue weighted by atomic mass is 10.1. The number of likely N-dealkylation sites (N-methyl/N-ethyl adjacent to an activating group) is 1. The lowest BCUT2D eigenvalue weighted by Crippen LogP contribution is -2.38. The summed E-state index contributed by atoms with van der Waals surface area (Å²) in [5.74, 6) is 0.0740. The maximum atomic E-state index is 11.4. The minimum absolute atomic E-state index is 0.0740. The van der Waals surface area contributed by atoms with E-state index in [4.69, 9.17) is 0 Å². The zero-order valence-electron chi connectivity index (χ0n) is 8.50. The van der Waals surface area contributed by atoms with E-state index in [0.717, 1.165) is 17.9 Å². The van der Waals surface area contributed by atoms with E-state index in [-0.39, 0.29) is 5.91 Å². The van der Waals surface area contributed by atoms with E-state index in [1.807, 2.05) is 12.1 Å². The monoisotopic (exact) mass is 190 g/mol. The highest BCUT2D eigenvalue weighted by atomic mass is 16.2. The molecule has 0 atom stereocenters. The van der Waals surface area contributed by atoms with E-state index >= 15 is 0 Å². The molecule has 0 spiro atoms. The van der Waals surface area contributed by atoms with Crippen molar-refractivity contribution in [1.82, 2.24) is 0 Å². The maximum Gasteiger partial charge on any atom is 0.243 e. The van der Waals surface area contributed by atoms with Crippen molar-refractivity contribution >= 4 is 17.3 Å². The molecule has 1 aliphatic rings. The number of nitrogens with zero attached hydrogens (tertiary/aromatic N) is 1. The topological polar surface area (TPSA) is 32.3 Å². The average Bonchev–Trinajstić information content (AvgIpc) is 2.16. The van der Waals surface area contributed by atoms with Crippen molar-refractivity contribution in [1.29, 1.82) is 0 Å². The van der Waals surface area contributed by atoms with Gasteiger partial charge in [0.2, 0.25) is 5.91 Å². The number of carbonyl (C=O) groups is 1. The predicted octanol–water partition coefficient (Wildman–Crippen LogP) is 1.77. The van der Waals surface area contributed by atoms with Gasteiger partial charge in [-0.1, -0.05) is 12.1 Å². The van der Waals surface area contributed by atoms with Crippen LogP contribution in [0.5, 0.6) is 0 Å². The number of anilines is 2. The highest BCUT2D eigenvalue weighted by Crippen LogP contribution is 2.32. The molecule has 0 aromatic heterocycles. The molecular weight excluding hydrogens is 176 g/mol. The van der Waals surface area contributed by atoms with Gasteiger partial charge in [-0.3, -0.25) is 4.79 Å². The fourth-order valence-corrected chi connectivity index (χ4v) is 1.89. The Hall–Kier alpha value is -1.51. The van der Waals surface area contributed by atoms with E-state index in [9.17, 15) is 4.79 Å². The number of fused-ring (bicyclic) bond motifs is 1. The number of benzene rings is 1. The fourth-order valence-electron chi connectivity index (χ4n) is 1.89. The van der Waals surface area contributed by atoms with Gasteiger partial charge in [0.25, 0.3) is 0 Å². The minimum atomic E-state index is 0.0740. The molecule has 0 fully saturated rings. The molecule has 0 bridgehead atoms. The van der Waals surface area contributed by atoms with E-state index in [0.29, 0.717) is 6.54 Å². The molecule has 1 N–H and O–H groups in total. The van der Waals surface area contributed by atoms with Crippen LogP contribution in [0.15, 0.2) is 18.2 Å². The number of hydrogen-bond acceptors (Lipinski definition) is 2. The molecule has 0 unspecified atom stereocenters. The Morgan fingerprint density at radius 2 is 2.29 bits per heavy atom. The summed E-state index contributed by atoms with van der Waals surface area (Å²) < 4.78 is 0. The van der Waals surface area contributed by atoms with Gasteiger partial charge >= 0.3 is 0 Å². The molecule has 1 aromatic carbocycles. The molecule has 1 aromatic rings. The first-order valence-electron chi connectivity index (χ1n) is 4.86. The molecule has 3 nitrogen and oxygen atoms in total. The third-order valence-electron chi connectivity index (χ3n) is 2.54. The molecule has 0 saturated heterocycles. The third kappa shape index (κ3) is 1.35. The summed E-state index contributed by atoms with van der Waals surface area (Å²) in [7, 11) is 0. The fraction of sp³-hybridized carbons (Fsp3) is 0.364. The van der Waals surface area contributed by atoms with Crippen LogP contribution in [0, 0.1) is 6.92 Å². The van der Waals surface area contributed by atoms with Gasteiger partial charge in [0, 0.05) is 6.54 Å². The van der Waals surface area contributed by atoms with Gasteiger partial charge in [-0.15, -0.1) is 0 Å². The second kappa shape index (κ2) is 3.33.